The molecule has 1 aromatic rings. The minimum Gasteiger partial charge on any atom is -0.480 e. The first-order chi connectivity index (χ1) is 6.09. The quantitative estimate of drug-likeness (QED) is 0.735. The van der Waals surface area contributed by atoms with Crippen LogP contribution < -0.4 is 5.32 Å². The van der Waals surface area contributed by atoms with Crippen LogP contribution in [0.25, 0.3) is 0 Å². The van der Waals surface area contributed by atoms with E-state index in [9.17, 15) is 4.79 Å². The van der Waals surface area contributed by atoms with Crippen LogP contribution in [0.4, 0.5) is 5.82 Å². The van der Waals surface area contributed by atoms with Gasteiger partial charge in [0.1, 0.15) is 11.9 Å². The average Bonchev–Trinajstić information content (AvgIpc) is 2.04. The lowest BCUT2D eigenvalue weighted by molar-refractivity contribution is -0.137. The number of aromatic nitrogens is 1. The number of carboxylic acid groups (broad SMARTS) is 1. The third-order valence-corrected chi connectivity index (χ3v) is 1.62. The highest BCUT2D eigenvalue weighted by Gasteiger charge is 2.09. The number of aryl methyl sites for hydroxylation is 1. The first kappa shape index (κ1) is 9.51. The fourth-order valence-electron chi connectivity index (χ4n) is 0.907. The molecule has 13 heavy (non-hydrogen) atoms. The van der Waals surface area contributed by atoms with Crippen molar-refractivity contribution in [1.82, 2.24) is 4.98 Å². The van der Waals surface area contributed by atoms with Gasteiger partial charge in [-0.2, -0.15) is 0 Å². The Morgan fingerprint density at radius 1 is 1.62 bits per heavy atom. The number of nitrogens with zero attached hydrogens (tertiary/aromatic N) is 1. The summed E-state index contributed by atoms with van der Waals surface area (Å²) >= 11 is 0. The van der Waals surface area contributed by atoms with E-state index in [1.165, 1.54) is 0 Å². The summed E-state index contributed by atoms with van der Waals surface area (Å²) in [5.41, 5.74) is 0.864. The van der Waals surface area contributed by atoms with Crippen LogP contribution in [0.2, 0.25) is 0 Å². The molecule has 70 valence electrons. The fraction of sp³-hybridized carbons (Fsp3) is 0.333. The van der Waals surface area contributed by atoms with Gasteiger partial charge < -0.3 is 10.4 Å². The largest absolute Gasteiger partial charge is 0.480 e. The highest BCUT2D eigenvalue weighted by atomic mass is 16.4. The second-order valence-corrected chi connectivity index (χ2v) is 2.87. The van der Waals surface area contributed by atoms with Gasteiger partial charge in [-0.15, -0.1) is 0 Å². The molecule has 0 fully saturated rings. The summed E-state index contributed by atoms with van der Waals surface area (Å²) in [5, 5.41) is 11.4. The fourth-order valence-corrected chi connectivity index (χ4v) is 0.907. The molecule has 0 aliphatic rings. The van der Waals surface area contributed by atoms with Crippen LogP contribution in [0.5, 0.6) is 0 Å². The highest BCUT2D eigenvalue weighted by molar-refractivity contribution is 5.76. The molecule has 1 aromatic heterocycles. The monoisotopic (exact) mass is 180 g/mol. The summed E-state index contributed by atoms with van der Waals surface area (Å²) in [4.78, 5) is 14.6. The standard InChI is InChI=1S/C9H12N2O2/c1-6-4-3-5-8(10-6)11-7(2)9(12)13/h3-5,7H,1-2H3,(H,10,11)(H,12,13)/t7-/m0/s1. The van der Waals surface area contributed by atoms with E-state index in [0.717, 1.165) is 5.69 Å². The van der Waals surface area contributed by atoms with Crippen LogP contribution in [0.15, 0.2) is 18.2 Å². The minimum atomic E-state index is -0.886. The Bertz CT molecular complexity index is 312. The number of hydrogen-bond acceptors (Lipinski definition) is 3. The third-order valence-electron chi connectivity index (χ3n) is 1.62. The van der Waals surface area contributed by atoms with Gasteiger partial charge in [-0.25, -0.2) is 4.98 Å². The molecule has 0 aliphatic heterocycles. The van der Waals surface area contributed by atoms with E-state index in [1.54, 1.807) is 13.0 Å². The predicted octanol–water partition coefficient (Wildman–Crippen LogP) is 1.28. The third kappa shape index (κ3) is 2.74. The van der Waals surface area contributed by atoms with Crippen LogP contribution in [0, 0.1) is 6.92 Å². The van der Waals surface area contributed by atoms with Gasteiger partial charge >= 0.3 is 5.97 Å². The number of hydrogen-bond donors (Lipinski definition) is 2. The van der Waals surface area contributed by atoms with E-state index in [1.807, 2.05) is 19.1 Å². The summed E-state index contributed by atoms with van der Waals surface area (Å²) in [7, 11) is 0. The lowest BCUT2D eigenvalue weighted by Crippen LogP contribution is -2.25. The topological polar surface area (TPSA) is 62.2 Å². The van der Waals surface area contributed by atoms with E-state index in [2.05, 4.69) is 10.3 Å². The molecule has 0 radical (unpaired) electrons. The molecule has 0 unspecified atom stereocenters. The lowest BCUT2D eigenvalue weighted by Gasteiger charge is -2.09. The molecule has 1 atom stereocenters. The van der Waals surface area contributed by atoms with Gasteiger partial charge in [-0.1, -0.05) is 6.07 Å². The number of rotatable bonds is 3. The van der Waals surface area contributed by atoms with Gasteiger partial charge in [0, 0.05) is 5.69 Å². The smallest absolute Gasteiger partial charge is 0.325 e. The molecule has 0 amide bonds. The van der Waals surface area contributed by atoms with Crippen LogP contribution in [0.3, 0.4) is 0 Å². The Morgan fingerprint density at radius 2 is 2.31 bits per heavy atom. The van der Waals surface area contributed by atoms with Crippen molar-refractivity contribution in [3.63, 3.8) is 0 Å². The Labute approximate surface area is 76.6 Å². The number of anilines is 1. The SMILES string of the molecule is Cc1cccc(N[C@@H](C)C(=O)O)n1. The molecule has 0 saturated carbocycles. The number of carbonyl (C=O) groups is 1. The highest BCUT2D eigenvalue weighted by Crippen LogP contribution is 2.05. The summed E-state index contributed by atoms with van der Waals surface area (Å²) < 4.78 is 0. The van der Waals surface area contributed by atoms with Gasteiger partial charge in [0.05, 0.1) is 0 Å². The molecule has 0 spiro atoms. The van der Waals surface area contributed by atoms with Crippen molar-refractivity contribution in [3.05, 3.63) is 23.9 Å². The van der Waals surface area contributed by atoms with Crippen molar-refractivity contribution in [2.75, 3.05) is 5.32 Å². The van der Waals surface area contributed by atoms with Crippen LogP contribution in [-0.2, 0) is 4.79 Å². The summed E-state index contributed by atoms with van der Waals surface area (Å²) in [6, 6.07) is 4.82. The maximum atomic E-state index is 10.5. The van der Waals surface area contributed by atoms with Gasteiger partial charge in [-0.05, 0) is 26.0 Å². The van der Waals surface area contributed by atoms with Crippen molar-refractivity contribution >= 4 is 11.8 Å². The Balaban J connectivity index is 2.69. The lowest BCUT2D eigenvalue weighted by atomic mass is 10.3. The van der Waals surface area contributed by atoms with Crippen molar-refractivity contribution in [2.24, 2.45) is 0 Å². The van der Waals surface area contributed by atoms with Gasteiger partial charge in [0.15, 0.2) is 0 Å². The van der Waals surface area contributed by atoms with E-state index < -0.39 is 12.0 Å². The molecule has 1 heterocycles. The Morgan fingerprint density at radius 3 is 2.85 bits per heavy atom. The zero-order chi connectivity index (χ0) is 9.84. The van der Waals surface area contributed by atoms with Crippen LogP contribution >= 0.6 is 0 Å². The van der Waals surface area contributed by atoms with Gasteiger partial charge in [0.25, 0.3) is 0 Å². The maximum Gasteiger partial charge on any atom is 0.325 e. The minimum absolute atomic E-state index is 0.593. The van der Waals surface area contributed by atoms with Crippen molar-refractivity contribution in [2.45, 2.75) is 19.9 Å². The van der Waals surface area contributed by atoms with Crippen LogP contribution in [-0.4, -0.2) is 22.1 Å². The van der Waals surface area contributed by atoms with Crippen molar-refractivity contribution < 1.29 is 9.90 Å². The van der Waals surface area contributed by atoms with E-state index in [4.69, 9.17) is 5.11 Å². The van der Waals surface area contributed by atoms with Gasteiger partial charge in [0.2, 0.25) is 0 Å². The molecule has 2 N–H and O–H groups in total. The first-order valence-electron chi connectivity index (χ1n) is 4.02. The molecule has 0 aliphatic carbocycles. The Kier molecular flexibility index (Phi) is 2.84. The summed E-state index contributed by atoms with van der Waals surface area (Å²) in [5.74, 6) is -0.293. The van der Waals surface area contributed by atoms with Crippen LogP contribution in [0.1, 0.15) is 12.6 Å². The number of nitrogens with one attached hydrogen (secondary N) is 1. The second-order valence-electron chi connectivity index (χ2n) is 2.87. The second kappa shape index (κ2) is 3.89. The molecular weight excluding hydrogens is 168 g/mol. The first-order valence-corrected chi connectivity index (χ1v) is 4.02. The zero-order valence-electron chi connectivity index (χ0n) is 7.61. The van der Waals surface area contributed by atoms with E-state index >= 15 is 0 Å². The molecule has 0 aromatic carbocycles. The summed E-state index contributed by atoms with van der Waals surface area (Å²) in [6.07, 6.45) is 0. The predicted molar refractivity (Wildman–Crippen MR) is 49.7 cm³/mol. The van der Waals surface area contributed by atoms with Gasteiger partial charge in [-0.3, -0.25) is 4.79 Å². The Hall–Kier alpha value is -1.58. The molecular formula is C9H12N2O2. The average molecular weight is 180 g/mol. The van der Waals surface area contributed by atoms with Crippen molar-refractivity contribution in [3.8, 4) is 0 Å². The molecule has 0 saturated heterocycles. The molecule has 4 nitrogen and oxygen atoms in total. The maximum absolute atomic E-state index is 10.5. The van der Waals surface area contributed by atoms with Crippen molar-refractivity contribution in [1.29, 1.82) is 0 Å². The zero-order valence-corrected chi connectivity index (χ0v) is 7.61. The molecule has 1 rings (SSSR count). The van der Waals surface area contributed by atoms with E-state index in [-0.39, 0.29) is 0 Å². The number of aliphatic carboxylic acids is 1. The number of pyridine rings is 1. The molecule has 0 bridgehead atoms. The molecule has 4 heteroatoms. The summed E-state index contributed by atoms with van der Waals surface area (Å²) in [6.45, 7) is 3.43. The normalized spacial score (nSPS) is 12.2. The number of carboxylic acids is 1. The van der Waals surface area contributed by atoms with E-state index in [0.29, 0.717) is 5.82 Å².